The van der Waals surface area contributed by atoms with E-state index < -0.39 is 0 Å². The van der Waals surface area contributed by atoms with Crippen LogP contribution in [-0.4, -0.2) is 4.98 Å². The van der Waals surface area contributed by atoms with Gasteiger partial charge in [-0.25, -0.2) is 0 Å². The maximum absolute atomic E-state index is 5.93. The van der Waals surface area contributed by atoms with Gasteiger partial charge in [-0.05, 0) is 17.7 Å². The summed E-state index contributed by atoms with van der Waals surface area (Å²) >= 11 is 17.7. The normalized spacial score (nSPS) is 10.4. The Morgan fingerprint density at radius 3 is 2.38 bits per heavy atom. The number of hydrogen-bond acceptors (Lipinski definition) is 2. The van der Waals surface area contributed by atoms with Crippen molar-refractivity contribution in [2.24, 2.45) is 0 Å². The van der Waals surface area contributed by atoms with E-state index in [4.69, 9.17) is 40.5 Å². The van der Waals surface area contributed by atoms with Crippen LogP contribution in [0.5, 0.6) is 0 Å². The van der Waals surface area contributed by atoms with Gasteiger partial charge in [0.2, 0.25) is 0 Å². The van der Waals surface area contributed by atoms with Crippen molar-refractivity contribution in [1.82, 2.24) is 4.98 Å². The molecule has 1 aromatic heterocycles. The first-order chi connectivity index (χ1) is 7.59. The Morgan fingerprint density at radius 2 is 1.69 bits per heavy atom. The van der Waals surface area contributed by atoms with E-state index in [9.17, 15) is 0 Å². The molecule has 5 heteroatoms. The molecule has 0 aliphatic carbocycles. The lowest BCUT2D eigenvalue weighted by Gasteiger charge is -2.07. The van der Waals surface area contributed by atoms with Gasteiger partial charge in [0, 0.05) is 18.0 Å². The summed E-state index contributed by atoms with van der Waals surface area (Å²) in [6, 6.07) is 5.26. The summed E-state index contributed by atoms with van der Waals surface area (Å²) in [5.41, 5.74) is 7.91. The van der Waals surface area contributed by atoms with E-state index in [1.165, 1.54) is 6.20 Å². The average molecular weight is 274 g/mol. The lowest BCUT2D eigenvalue weighted by Crippen LogP contribution is -1.92. The van der Waals surface area contributed by atoms with Crippen LogP contribution in [0.3, 0.4) is 0 Å². The van der Waals surface area contributed by atoms with Crippen LogP contribution in [0.4, 0.5) is 5.69 Å². The van der Waals surface area contributed by atoms with Gasteiger partial charge in [-0.15, -0.1) is 0 Å². The highest BCUT2D eigenvalue weighted by Crippen LogP contribution is 2.33. The SMILES string of the molecule is Nc1c(Cl)cncc1-c1ccc(Cl)c(Cl)c1. The van der Waals surface area contributed by atoms with Crippen LogP contribution in [0, 0.1) is 0 Å². The number of nitrogens with zero attached hydrogens (tertiary/aromatic N) is 1. The van der Waals surface area contributed by atoms with Gasteiger partial charge in [-0.1, -0.05) is 40.9 Å². The van der Waals surface area contributed by atoms with Crippen molar-refractivity contribution < 1.29 is 0 Å². The molecule has 1 aromatic carbocycles. The van der Waals surface area contributed by atoms with Crippen LogP contribution in [0.25, 0.3) is 11.1 Å². The fraction of sp³-hybridized carbons (Fsp3) is 0. The monoisotopic (exact) mass is 272 g/mol. The minimum Gasteiger partial charge on any atom is -0.397 e. The molecular formula is C11H7Cl3N2. The number of benzene rings is 1. The molecule has 16 heavy (non-hydrogen) atoms. The van der Waals surface area contributed by atoms with Crippen LogP contribution in [0.15, 0.2) is 30.6 Å². The van der Waals surface area contributed by atoms with E-state index in [0.717, 1.165) is 11.1 Å². The minimum atomic E-state index is 0.420. The second-order valence-electron chi connectivity index (χ2n) is 3.21. The molecule has 82 valence electrons. The molecule has 2 nitrogen and oxygen atoms in total. The molecule has 0 spiro atoms. The summed E-state index contributed by atoms with van der Waals surface area (Å²) in [5, 5.41) is 1.39. The Labute approximate surface area is 108 Å². The van der Waals surface area contributed by atoms with Gasteiger partial charge in [0.1, 0.15) is 0 Å². The van der Waals surface area contributed by atoms with Gasteiger partial charge < -0.3 is 5.73 Å². The second kappa shape index (κ2) is 4.50. The van der Waals surface area contributed by atoms with Crippen molar-refractivity contribution in [1.29, 1.82) is 0 Å². The highest BCUT2D eigenvalue weighted by atomic mass is 35.5. The average Bonchev–Trinajstić information content (AvgIpc) is 2.26. The topological polar surface area (TPSA) is 38.9 Å². The molecule has 0 aliphatic rings. The molecule has 0 radical (unpaired) electrons. The van der Waals surface area contributed by atoms with Crippen molar-refractivity contribution in [3.63, 3.8) is 0 Å². The van der Waals surface area contributed by atoms with Crippen LogP contribution in [0.2, 0.25) is 15.1 Å². The van der Waals surface area contributed by atoms with Gasteiger partial charge >= 0.3 is 0 Å². The highest BCUT2D eigenvalue weighted by molar-refractivity contribution is 6.42. The number of nitrogen functional groups attached to an aromatic ring is 1. The summed E-state index contributed by atoms with van der Waals surface area (Å²) in [7, 11) is 0. The lowest BCUT2D eigenvalue weighted by atomic mass is 10.1. The van der Waals surface area contributed by atoms with E-state index >= 15 is 0 Å². The number of rotatable bonds is 1. The zero-order valence-corrected chi connectivity index (χ0v) is 10.3. The Balaban J connectivity index is 2.59. The summed E-state index contributed by atoms with van der Waals surface area (Å²) in [4.78, 5) is 3.99. The van der Waals surface area contributed by atoms with E-state index in [2.05, 4.69) is 4.98 Å². The minimum absolute atomic E-state index is 0.420. The van der Waals surface area contributed by atoms with Gasteiger partial charge in [0.05, 0.1) is 20.8 Å². The molecular weight excluding hydrogens is 266 g/mol. The van der Waals surface area contributed by atoms with Gasteiger partial charge in [-0.3, -0.25) is 4.98 Å². The molecule has 0 fully saturated rings. The fourth-order valence-electron chi connectivity index (χ4n) is 1.34. The molecule has 2 aromatic rings. The Bertz CT molecular complexity index is 541. The quantitative estimate of drug-likeness (QED) is 0.842. The van der Waals surface area contributed by atoms with Gasteiger partial charge in [-0.2, -0.15) is 0 Å². The van der Waals surface area contributed by atoms with E-state index in [0.29, 0.717) is 20.8 Å². The second-order valence-corrected chi connectivity index (χ2v) is 4.43. The summed E-state index contributed by atoms with van der Waals surface area (Å²) in [6.07, 6.45) is 3.14. The number of aromatic nitrogens is 1. The third-order valence-corrected chi connectivity index (χ3v) is 3.21. The molecule has 0 aliphatic heterocycles. The summed E-state index contributed by atoms with van der Waals surface area (Å²) < 4.78 is 0. The molecule has 1 heterocycles. The largest absolute Gasteiger partial charge is 0.397 e. The van der Waals surface area contributed by atoms with Crippen molar-refractivity contribution >= 4 is 40.5 Å². The zero-order valence-electron chi connectivity index (χ0n) is 8.05. The molecule has 0 unspecified atom stereocenters. The maximum Gasteiger partial charge on any atom is 0.0824 e. The Kier molecular flexibility index (Phi) is 3.24. The number of hydrogen-bond donors (Lipinski definition) is 1. The standard InChI is InChI=1S/C11H7Cl3N2/c12-8-2-1-6(3-9(8)13)7-4-16-5-10(14)11(7)15/h1-5H,(H2,15,16). The van der Waals surface area contributed by atoms with Crippen LogP contribution in [0.1, 0.15) is 0 Å². The Hall–Kier alpha value is -0.960. The van der Waals surface area contributed by atoms with Crippen molar-refractivity contribution in [2.45, 2.75) is 0 Å². The van der Waals surface area contributed by atoms with Gasteiger partial charge in [0.15, 0.2) is 0 Å². The molecule has 0 bridgehead atoms. The Morgan fingerprint density at radius 1 is 0.938 bits per heavy atom. The van der Waals surface area contributed by atoms with Gasteiger partial charge in [0.25, 0.3) is 0 Å². The first-order valence-electron chi connectivity index (χ1n) is 4.44. The highest BCUT2D eigenvalue weighted by Gasteiger charge is 2.08. The molecule has 2 N–H and O–H groups in total. The van der Waals surface area contributed by atoms with Crippen LogP contribution >= 0.6 is 34.8 Å². The summed E-state index contributed by atoms with van der Waals surface area (Å²) in [5.74, 6) is 0. The smallest absolute Gasteiger partial charge is 0.0824 e. The summed E-state index contributed by atoms with van der Waals surface area (Å²) in [6.45, 7) is 0. The number of nitrogens with two attached hydrogens (primary N) is 1. The predicted molar refractivity (Wildman–Crippen MR) is 69.1 cm³/mol. The first kappa shape index (κ1) is 11.5. The van der Waals surface area contributed by atoms with Crippen molar-refractivity contribution in [2.75, 3.05) is 5.73 Å². The molecule has 2 rings (SSSR count). The lowest BCUT2D eigenvalue weighted by molar-refractivity contribution is 1.33. The molecule has 0 atom stereocenters. The van der Waals surface area contributed by atoms with Crippen LogP contribution in [-0.2, 0) is 0 Å². The number of halogens is 3. The van der Waals surface area contributed by atoms with Crippen molar-refractivity contribution in [3.8, 4) is 11.1 Å². The first-order valence-corrected chi connectivity index (χ1v) is 5.57. The van der Waals surface area contributed by atoms with Crippen molar-refractivity contribution in [3.05, 3.63) is 45.7 Å². The maximum atomic E-state index is 5.93. The van der Waals surface area contributed by atoms with E-state index in [-0.39, 0.29) is 0 Å². The number of anilines is 1. The number of pyridine rings is 1. The van der Waals surface area contributed by atoms with E-state index in [1.807, 2.05) is 6.07 Å². The molecule has 0 saturated carbocycles. The predicted octanol–water partition coefficient (Wildman–Crippen LogP) is 4.29. The van der Waals surface area contributed by atoms with E-state index in [1.54, 1.807) is 18.3 Å². The molecule has 0 saturated heterocycles. The fourth-order valence-corrected chi connectivity index (χ4v) is 1.79. The molecule has 0 amide bonds. The zero-order chi connectivity index (χ0) is 11.7. The van der Waals surface area contributed by atoms with Crippen LogP contribution < -0.4 is 5.73 Å². The third kappa shape index (κ3) is 2.09. The third-order valence-electron chi connectivity index (χ3n) is 2.17.